The number of guanidine groups is 1. The van der Waals surface area contributed by atoms with E-state index in [1.165, 1.54) is 25.0 Å². The number of aliphatic imine (C=N–C) groups is 1. The third-order valence-corrected chi connectivity index (χ3v) is 4.17. The van der Waals surface area contributed by atoms with Crippen LogP contribution >= 0.6 is 0 Å². The van der Waals surface area contributed by atoms with E-state index in [9.17, 15) is 13.2 Å². The van der Waals surface area contributed by atoms with Crippen LogP contribution in [0.25, 0.3) is 0 Å². The number of benzene rings is 1. The highest BCUT2D eigenvalue weighted by molar-refractivity contribution is 5.79. The minimum Gasteiger partial charge on any atom is -0.379 e. The summed E-state index contributed by atoms with van der Waals surface area (Å²) in [5, 5.41) is 3.22. The minimum atomic E-state index is -4.29. The summed E-state index contributed by atoms with van der Waals surface area (Å²) in [6, 6.07) is 5.27. The number of nitrogens with one attached hydrogen (secondary N) is 1. The Balaban J connectivity index is 1.68. The van der Waals surface area contributed by atoms with Crippen molar-refractivity contribution >= 4 is 5.96 Å². The number of hydrogen-bond donors (Lipinski definition) is 1. The van der Waals surface area contributed by atoms with E-state index in [0.29, 0.717) is 19.6 Å². The van der Waals surface area contributed by atoms with Crippen molar-refractivity contribution in [1.82, 2.24) is 10.2 Å². The van der Waals surface area contributed by atoms with Crippen LogP contribution in [0.2, 0.25) is 0 Å². The first kappa shape index (κ1) is 19.6. The molecule has 0 amide bonds. The Kier molecular flexibility index (Phi) is 7.11. The van der Waals surface area contributed by atoms with E-state index in [1.54, 1.807) is 7.05 Å². The molecule has 0 bridgehead atoms. The first-order valence-corrected chi connectivity index (χ1v) is 8.56. The zero-order valence-corrected chi connectivity index (χ0v) is 14.8. The van der Waals surface area contributed by atoms with Gasteiger partial charge in [-0.1, -0.05) is 12.1 Å². The molecule has 1 aliphatic rings. The highest BCUT2D eigenvalue weighted by Crippen LogP contribution is 2.29. The second-order valence-corrected chi connectivity index (χ2v) is 6.36. The van der Waals surface area contributed by atoms with Crippen molar-refractivity contribution < 1.29 is 17.9 Å². The van der Waals surface area contributed by atoms with Gasteiger partial charge in [0.2, 0.25) is 0 Å². The number of rotatable bonds is 8. The van der Waals surface area contributed by atoms with Crippen LogP contribution in [0.1, 0.15) is 24.0 Å². The van der Waals surface area contributed by atoms with Crippen molar-refractivity contribution in [2.75, 3.05) is 40.4 Å². The van der Waals surface area contributed by atoms with Gasteiger partial charge in [-0.15, -0.1) is 0 Å². The lowest BCUT2D eigenvalue weighted by atomic mass is 10.1. The molecule has 4 nitrogen and oxygen atoms in total. The lowest BCUT2D eigenvalue weighted by Gasteiger charge is -2.22. The normalized spacial score (nSPS) is 15.3. The van der Waals surface area contributed by atoms with Crippen molar-refractivity contribution in [1.29, 1.82) is 0 Å². The van der Waals surface area contributed by atoms with E-state index in [2.05, 4.69) is 10.3 Å². The molecule has 140 valence electrons. The summed E-state index contributed by atoms with van der Waals surface area (Å²) in [6.07, 6.45) is -1.10. The first-order valence-electron chi connectivity index (χ1n) is 8.56. The van der Waals surface area contributed by atoms with Gasteiger partial charge in [0, 0.05) is 33.8 Å². The highest BCUT2D eigenvalue weighted by Gasteiger charge is 2.29. The second-order valence-electron chi connectivity index (χ2n) is 6.36. The van der Waals surface area contributed by atoms with Crippen molar-refractivity contribution in [3.8, 4) is 0 Å². The molecule has 0 radical (unpaired) electrons. The average molecular weight is 357 g/mol. The second kappa shape index (κ2) is 9.08. The standard InChI is InChI=1S/C18H26F3N3O/c1-22-17(24(2)11-12-25-13-15-3-4-15)23-10-9-14-5-7-16(8-6-14)18(19,20)21/h5-8,15H,3-4,9-13H2,1-2H3,(H,22,23). The van der Waals surface area contributed by atoms with Gasteiger partial charge in [-0.25, -0.2) is 0 Å². The number of hydrogen-bond acceptors (Lipinski definition) is 2. The number of halogens is 3. The van der Waals surface area contributed by atoms with Gasteiger partial charge in [-0.2, -0.15) is 13.2 Å². The Morgan fingerprint density at radius 3 is 2.52 bits per heavy atom. The molecular formula is C18H26F3N3O. The molecule has 2 rings (SSSR count). The van der Waals surface area contributed by atoms with E-state index in [0.717, 1.165) is 42.7 Å². The number of alkyl halides is 3. The van der Waals surface area contributed by atoms with Crippen LogP contribution in [0.4, 0.5) is 13.2 Å². The van der Waals surface area contributed by atoms with Crippen molar-refractivity contribution in [3.63, 3.8) is 0 Å². The molecule has 7 heteroatoms. The Morgan fingerprint density at radius 2 is 1.96 bits per heavy atom. The molecule has 25 heavy (non-hydrogen) atoms. The topological polar surface area (TPSA) is 36.9 Å². The molecule has 1 saturated carbocycles. The van der Waals surface area contributed by atoms with Gasteiger partial charge in [0.1, 0.15) is 0 Å². The molecule has 1 aromatic carbocycles. The quantitative estimate of drug-likeness (QED) is 0.441. The van der Waals surface area contributed by atoms with Gasteiger partial charge >= 0.3 is 6.18 Å². The maximum atomic E-state index is 12.5. The molecule has 1 fully saturated rings. The molecule has 0 unspecified atom stereocenters. The lowest BCUT2D eigenvalue weighted by molar-refractivity contribution is -0.137. The summed E-state index contributed by atoms with van der Waals surface area (Å²) in [7, 11) is 3.65. The van der Waals surface area contributed by atoms with Gasteiger partial charge < -0.3 is 15.0 Å². The fraction of sp³-hybridized carbons (Fsp3) is 0.611. The highest BCUT2D eigenvalue weighted by atomic mass is 19.4. The predicted molar refractivity (Wildman–Crippen MR) is 92.7 cm³/mol. The number of likely N-dealkylation sites (N-methyl/N-ethyl adjacent to an activating group) is 1. The maximum Gasteiger partial charge on any atom is 0.416 e. The van der Waals surface area contributed by atoms with Crippen molar-refractivity contribution in [3.05, 3.63) is 35.4 Å². The van der Waals surface area contributed by atoms with Crippen LogP contribution in [-0.4, -0.2) is 51.3 Å². The molecule has 0 saturated heterocycles. The van der Waals surface area contributed by atoms with E-state index in [4.69, 9.17) is 4.74 Å². The summed E-state index contributed by atoms with van der Waals surface area (Å²) in [5.74, 6) is 1.51. The summed E-state index contributed by atoms with van der Waals surface area (Å²) in [6.45, 7) is 2.85. The van der Waals surface area contributed by atoms with Gasteiger partial charge in [0.05, 0.1) is 12.2 Å². The van der Waals surface area contributed by atoms with Crippen molar-refractivity contribution in [2.24, 2.45) is 10.9 Å². The molecule has 0 aromatic heterocycles. The van der Waals surface area contributed by atoms with Crippen LogP contribution in [0, 0.1) is 5.92 Å². The Morgan fingerprint density at radius 1 is 1.28 bits per heavy atom. The third kappa shape index (κ3) is 6.94. The zero-order chi connectivity index (χ0) is 18.3. The monoisotopic (exact) mass is 357 g/mol. The average Bonchev–Trinajstić information content (AvgIpc) is 3.39. The molecule has 0 spiro atoms. The maximum absolute atomic E-state index is 12.5. The van der Waals surface area contributed by atoms with Gasteiger partial charge in [0.15, 0.2) is 5.96 Å². The fourth-order valence-corrected chi connectivity index (χ4v) is 2.41. The molecule has 0 aliphatic heterocycles. The van der Waals surface area contributed by atoms with Crippen LogP contribution < -0.4 is 5.32 Å². The molecule has 1 aromatic rings. The molecule has 1 N–H and O–H groups in total. The number of nitrogens with zero attached hydrogens (tertiary/aromatic N) is 2. The number of ether oxygens (including phenoxy) is 1. The Hall–Kier alpha value is -1.76. The summed E-state index contributed by atoms with van der Waals surface area (Å²) < 4.78 is 43.2. The Labute approximate surface area is 147 Å². The first-order chi connectivity index (χ1) is 11.9. The van der Waals surface area contributed by atoms with Gasteiger partial charge in [-0.05, 0) is 42.9 Å². The van der Waals surface area contributed by atoms with Gasteiger partial charge in [0.25, 0.3) is 0 Å². The summed E-state index contributed by atoms with van der Waals surface area (Å²) in [4.78, 5) is 6.20. The van der Waals surface area contributed by atoms with E-state index < -0.39 is 11.7 Å². The molecule has 1 aliphatic carbocycles. The largest absolute Gasteiger partial charge is 0.416 e. The van der Waals surface area contributed by atoms with Crippen LogP contribution in [0.3, 0.4) is 0 Å². The molecule has 0 heterocycles. The van der Waals surface area contributed by atoms with Crippen LogP contribution in [0.5, 0.6) is 0 Å². The van der Waals surface area contributed by atoms with Crippen LogP contribution in [0.15, 0.2) is 29.3 Å². The van der Waals surface area contributed by atoms with E-state index in [-0.39, 0.29) is 0 Å². The lowest BCUT2D eigenvalue weighted by Crippen LogP contribution is -2.41. The molecular weight excluding hydrogens is 331 g/mol. The summed E-state index contributed by atoms with van der Waals surface area (Å²) in [5.41, 5.74) is 0.234. The molecule has 0 atom stereocenters. The van der Waals surface area contributed by atoms with E-state index >= 15 is 0 Å². The SMILES string of the molecule is CN=C(NCCc1ccc(C(F)(F)F)cc1)N(C)CCOCC1CC1. The van der Waals surface area contributed by atoms with Crippen LogP contribution in [-0.2, 0) is 17.3 Å². The third-order valence-electron chi connectivity index (χ3n) is 4.17. The van der Waals surface area contributed by atoms with Gasteiger partial charge in [-0.3, -0.25) is 4.99 Å². The van der Waals surface area contributed by atoms with Crippen molar-refractivity contribution in [2.45, 2.75) is 25.4 Å². The minimum absolute atomic E-state index is 0.602. The Bertz CT molecular complexity index is 554. The predicted octanol–water partition coefficient (Wildman–Crippen LogP) is 3.18. The smallest absolute Gasteiger partial charge is 0.379 e. The summed E-state index contributed by atoms with van der Waals surface area (Å²) >= 11 is 0. The van der Waals surface area contributed by atoms with E-state index in [1.807, 2.05) is 11.9 Å². The fourth-order valence-electron chi connectivity index (χ4n) is 2.41. The zero-order valence-electron chi connectivity index (χ0n) is 14.8.